The van der Waals surface area contributed by atoms with Crippen molar-refractivity contribution in [2.75, 3.05) is 0 Å². The van der Waals surface area contributed by atoms with E-state index >= 15 is 0 Å². The molecule has 0 fully saturated rings. The Morgan fingerprint density at radius 3 is 2.71 bits per heavy atom. The molecule has 1 aromatic carbocycles. The van der Waals surface area contributed by atoms with Crippen LogP contribution in [0.5, 0.6) is 0 Å². The molecule has 1 atom stereocenters. The fourth-order valence-corrected chi connectivity index (χ4v) is 2.67. The van der Waals surface area contributed by atoms with Crippen LogP contribution in [0.4, 0.5) is 0 Å². The van der Waals surface area contributed by atoms with Gasteiger partial charge in [-0.2, -0.15) is 0 Å². The van der Waals surface area contributed by atoms with Crippen molar-refractivity contribution in [3.63, 3.8) is 0 Å². The second-order valence-corrected chi connectivity index (χ2v) is 5.62. The molecular weight excluding hydrogens is 228 g/mol. The Balaban J connectivity index is 1.98. The number of thiazole rings is 1. The largest absolute Gasteiger partial charge is 0.305 e. The van der Waals surface area contributed by atoms with Gasteiger partial charge in [-0.15, -0.1) is 11.3 Å². The zero-order valence-corrected chi connectivity index (χ0v) is 11.3. The Bertz CT molecular complexity index is 490. The summed E-state index contributed by atoms with van der Waals surface area (Å²) in [5.74, 6) is 0. The summed E-state index contributed by atoms with van der Waals surface area (Å²) in [5, 5.41) is 4.67. The third-order valence-electron chi connectivity index (χ3n) is 2.91. The van der Waals surface area contributed by atoms with Crippen LogP contribution in [0.25, 0.3) is 0 Å². The van der Waals surface area contributed by atoms with Crippen LogP contribution in [0.2, 0.25) is 0 Å². The molecule has 0 saturated heterocycles. The molecule has 0 amide bonds. The van der Waals surface area contributed by atoms with E-state index in [1.807, 2.05) is 13.1 Å². The van der Waals surface area contributed by atoms with Crippen molar-refractivity contribution >= 4 is 11.3 Å². The van der Waals surface area contributed by atoms with Crippen LogP contribution in [0.3, 0.4) is 0 Å². The number of nitrogens with zero attached hydrogens (tertiary/aromatic N) is 1. The topological polar surface area (TPSA) is 24.9 Å². The maximum Gasteiger partial charge on any atom is 0.0897 e. The van der Waals surface area contributed by atoms with Crippen LogP contribution in [0.15, 0.2) is 30.5 Å². The summed E-state index contributed by atoms with van der Waals surface area (Å²) >= 11 is 1.76. The van der Waals surface area contributed by atoms with E-state index in [1.54, 1.807) is 11.3 Å². The van der Waals surface area contributed by atoms with Crippen molar-refractivity contribution in [2.24, 2.45) is 0 Å². The Morgan fingerprint density at radius 1 is 1.29 bits per heavy atom. The molecule has 0 saturated carbocycles. The summed E-state index contributed by atoms with van der Waals surface area (Å²) in [5.41, 5.74) is 2.71. The maximum atomic E-state index is 4.26. The first-order chi connectivity index (χ1) is 8.16. The van der Waals surface area contributed by atoms with E-state index in [1.165, 1.54) is 16.0 Å². The van der Waals surface area contributed by atoms with Gasteiger partial charge >= 0.3 is 0 Å². The standard InChI is InChI=1S/C14H18N2S/c1-10-6-4-5-7-14(10)11(2)15-8-13-9-16-12(3)17-13/h4-7,9,11,15H,8H2,1-3H3/t11-/m0/s1. The second-order valence-electron chi connectivity index (χ2n) is 4.30. The lowest BCUT2D eigenvalue weighted by molar-refractivity contribution is 0.576. The van der Waals surface area contributed by atoms with Crippen molar-refractivity contribution in [2.45, 2.75) is 33.4 Å². The Hall–Kier alpha value is -1.19. The van der Waals surface area contributed by atoms with Gasteiger partial charge in [0.15, 0.2) is 0 Å². The molecular formula is C14H18N2S. The summed E-state index contributed by atoms with van der Waals surface area (Å²) in [6, 6.07) is 8.89. The van der Waals surface area contributed by atoms with Crippen LogP contribution in [-0.2, 0) is 6.54 Å². The van der Waals surface area contributed by atoms with Gasteiger partial charge in [-0.1, -0.05) is 24.3 Å². The molecule has 2 nitrogen and oxygen atoms in total. The predicted octanol–water partition coefficient (Wildman–Crippen LogP) is 3.61. The number of rotatable bonds is 4. The molecule has 1 N–H and O–H groups in total. The Labute approximate surface area is 107 Å². The first kappa shape index (κ1) is 12.3. The van der Waals surface area contributed by atoms with Crippen molar-refractivity contribution in [3.05, 3.63) is 51.5 Å². The summed E-state index contributed by atoms with van der Waals surface area (Å²) < 4.78 is 0. The predicted molar refractivity (Wildman–Crippen MR) is 73.3 cm³/mol. The molecule has 0 aliphatic carbocycles. The van der Waals surface area contributed by atoms with Crippen LogP contribution in [0, 0.1) is 13.8 Å². The smallest absolute Gasteiger partial charge is 0.0897 e. The van der Waals surface area contributed by atoms with Crippen molar-refractivity contribution < 1.29 is 0 Å². The third kappa shape index (κ3) is 3.14. The number of nitrogens with one attached hydrogen (secondary N) is 1. The highest BCUT2D eigenvalue weighted by Gasteiger charge is 2.07. The average molecular weight is 246 g/mol. The summed E-state index contributed by atoms with van der Waals surface area (Å²) in [6.07, 6.45) is 1.96. The van der Waals surface area contributed by atoms with E-state index in [-0.39, 0.29) is 0 Å². The minimum absolute atomic E-state index is 0.374. The molecule has 2 aromatic rings. The van der Waals surface area contributed by atoms with E-state index in [4.69, 9.17) is 0 Å². The number of aromatic nitrogens is 1. The minimum Gasteiger partial charge on any atom is -0.305 e. The van der Waals surface area contributed by atoms with E-state index < -0.39 is 0 Å². The number of benzene rings is 1. The van der Waals surface area contributed by atoms with E-state index in [0.717, 1.165) is 11.6 Å². The molecule has 17 heavy (non-hydrogen) atoms. The van der Waals surface area contributed by atoms with E-state index in [0.29, 0.717) is 6.04 Å². The van der Waals surface area contributed by atoms with Crippen molar-refractivity contribution in [1.82, 2.24) is 10.3 Å². The van der Waals surface area contributed by atoms with Gasteiger partial charge < -0.3 is 5.32 Å². The van der Waals surface area contributed by atoms with Crippen LogP contribution in [-0.4, -0.2) is 4.98 Å². The van der Waals surface area contributed by atoms with Gasteiger partial charge in [0, 0.05) is 23.7 Å². The molecule has 0 aliphatic heterocycles. The molecule has 0 spiro atoms. The zero-order chi connectivity index (χ0) is 12.3. The van der Waals surface area contributed by atoms with Gasteiger partial charge in [-0.25, -0.2) is 4.98 Å². The van der Waals surface area contributed by atoms with Crippen LogP contribution >= 0.6 is 11.3 Å². The molecule has 0 radical (unpaired) electrons. The third-order valence-corrected chi connectivity index (χ3v) is 3.82. The lowest BCUT2D eigenvalue weighted by atomic mass is 10.0. The summed E-state index contributed by atoms with van der Waals surface area (Å²) in [6.45, 7) is 7.29. The number of aryl methyl sites for hydroxylation is 2. The average Bonchev–Trinajstić information content (AvgIpc) is 2.73. The Morgan fingerprint density at radius 2 is 2.06 bits per heavy atom. The minimum atomic E-state index is 0.374. The highest BCUT2D eigenvalue weighted by atomic mass is 32.1. The lowest BCUT2D eigenvalue weighted by Gasteiger charge is -2.15. The zero-order valence-electron chi connectivity index (χ0n) is 10.5. The molecule has 1 aromatic heterocycles. The number of hydrogen-bond acceptors (Lipinski definition) is 3. The van der Waals surface area contributed by atoms with Crippen LogP contribution < -0.4 is 5.32 Å². The van der Waals surface area contributed by atoms with Gasteiger partial charge in [0.2, 0.25) is 0 Å². The summed E-state index contributed by atoms with van der Waals surface area (Å²) in [4.78, 5) is 5.56. The highest BCUT2D eigenvalue weighted by molar-refractivity contribution is 7.11. The molecule has 3 heteroatoms. The monoisotopic (exact) mass is 246 g/mol. The van der Waals surface area contributed by atoms with Gasteiger partial charge in [0.05, 0.1) is 5.01 Å². The van der Waals surface area contributed by atoms with Gasteiger partial charge in [0.25, 0.3) is 0 Å². The quantitative estimate of drug-likeness (QED) is 0.891. The summed E-state index contributed by atoms with van der Waals surface area (Å²) in [7, 11) is 0. The normalized spacial score (nSPS) is 12.6. The molecule has 2 rings (SSSR count). The SMILES string of the molecule is Cc1ncc(CN[C@@H](C)c2ccccc2C)s1. The molecule has 90 valence electrons. The second kappa shape index (κ2) is 5.43. The first-order valence-corrected chi connectivity index (χ1v) is 6.68. The van der Waals surface area contributed by atoms with Crippen molar-refractivity contribution in [1.29, 1.82) is 0 Å². The molecule has 0 bridgehead atoms. The molecule has 0 unspecified atom stereocenters. The van der Waals surface area contributed by atoms with E-state index in [2.05, 4.69) is 48.4 Å². The molecule has 0 aliphatic rings. The fraction of sp³-hybridized carbons (Fsp3) is 0.357. The van der Waals surface area contributed by atoms with Gasteiger partial charge in [-0.3, -0.25) is 0 Å². The molecule has 1 heterocycles. The lowest BCUT2D eigenvalue weighted by Crippen LogP contribution is -2.18. The number of hydrogen-bond donors (Lipinski definition) is 1. The highest BCUT2D eigenvalue weighted by Crippen LogP contribution is 2.18. The van der Waals surface area contributed by atoms with E-state index in [9.17, 15) is 0 Å². The van der Waals surface area contributed by atoms with Crippen molar-refractivity contribution in [3.8, 4) is 0 Å². The van der Waals surface area contributed by atoms with Gasteiger partial charge in [-0.05, 0) is 31.9 Å². The maximum absolute atomic E-state index is 4.26. The van der Waals surface area contributed by atoms with Crippen LogP contribution in [0.1, 0.15) is 34.0 Å². The fourth-order valence-electron chi connectivity index (χ4n) is 1.92. The first-order valence-electron chi connectivity index (χ1n) is 5.87. The van der Waals surface area contributed by atoms with Gasteiger partial charge in [0.1, 0.15) is 0 Å². The Kier molecular flexibility index (Phi) is 3.92.